The molecule has 0 bridgehead atoms. The molecule has 1 aliphatic rings. The van der Waals surface area contributed by atoms with Crippen LogP contribution < -0.4 is 10.6 Å². The van der Waals surface area contributed by atoms with Gasteiger partial charge in [-0.1, -0.05) is 201 Å². The van der Waals surface area contributed by atoms with Gasteiger partial charge in [0.2, 0.25) is 11.8 Å². The van der Waals surface area contributed by atoms with E-state index in [1.807, 2.05) is 182 Å². The Balaban J connectivity index is 1.31. The third-order valence-corrected chi connectivity index (χ3v) is 11.6. The maximum absolute atomic E-state index is 15.3. The predicted octanol–water partition coefficient (Wildman–Crippen LogP) is 8.26. The number of carbonyl (C=O) groups is 2. The van der Waals surface area contributed by atoms with E-state index in [1.54, 1.807) is 0 Å². The van der Waals surface area contributed by atoms with E-state index in [-0.39, 0.29) is 0 Å². The summed E-state index contributed by atoms with van der Waals surface area (Å²) < 4.78 is 0. The molecule has 7 rings (SSSR count). The summed E-state index contributed by atoms with van der Waals surface area (Å²) >= 11 is 0. The first kappa shape index (κ1) is 38.5. The van der Waals surface area contributed by atoms with E-state index < -0.39 is 40.5 Å². The predicted molar refractivity (Wildman–Crippen MR) is 221 cm³/mol. The van der Waals surface area contributed by atoms with Crippen molar-refractivity contribution in [1.29, 1.82) is 0 Å². The number of benzene rings is 6. The standard InChI is InChI=1S/C50H50N2O4/c53-46(51-44(36-38-22-8-1-9-23-38)49(55,40-26-12-3-13-27-40)41-28-14-4-15-29-41)48(34-20-7-21-35-48)47(54)52-45(37-39-24-10-2-11-25-39)50(56,42-30-16-5-17-31-42)43-32-18-6-19-33-43/h1-6,8-19,22-33,44-45,55-56H,7,20-21,34-37H2,(H,51,53)(H,52,54)/t44-,45-/m1/s1. The number of nitrogens with one attached hydrogen (secondary N) is 2. The van der Waals surface area contributed by atoms with Gasteiger partial charge >= 0.3 is 0 Å². The van der Waals surface area contributed by atoms with Gasteiger partial charge in [-0.15, -0.1) is 0 Å². The van der Waals surface area contributed by atoms with Crippen LogP contribution in [0.4, 0.5) is 0 Å². The highest BCUT2D eigenvalue weighted by atomic mass is 16.3. The Bertz CT molecular complexity index is 1910. The Hall–Kier alpha value is -5.82. The molecule has 56 heavy (non-hydrogen) atoms. The van der Waals surface area contributed by atoms with Crippen molar-refractivity contribution < 1.29 is 19.8 Å². The molecule has 6 aromatic carbocycles. The highest BCUT2D eigenvalue weighted by Crippen LogP contribution is 2.41. The topological polar surface area (TPSA) is 98.7 Å². The van der Waals surface area contributed by atoms with Crippen LogP contribution in [0.1, 0.15) is 65.5 Å². The van der Waals surface area contributed by atoms with Crippen molar-refractivity contribution in [3.8, 4) is 0 Å². The normalized spacial score (nSPS) is 15.2. The molecular formula is C50H50N2O4. The average Bonchev–Trinajstić information content (AvgIpc) is 3.27. The molecule has 1 aliphatic carbocycles. The van der Waals surface area contributed by atoms with Gasteiger partial charge in [-0.05, 0) is 59.1 Å². The van der Waals surface area contributed by atoms with E-state index in [1.165, 1.54) is 0 Å². The fraction of sp³-hybridized carbons (Fsp3) is 0.240. The summed E-state index contributed by atoms with van der Waals surface area (Å²) in [6.45, 7) is 0. The van der Waals surface area contributed by atoms with Gasteiger partial charge in [-0.3, -0.25) is 9.59 Å². The van der Waals surface area contributed by atoms with Gasteiger partial charge in [0.15, 0.2) is 0 Å². The molecule has 0 aliphatic heterocycles. The maximum Gasteiger partial charge on any atom is 0.236 e. The molecule has 0 spiro atoms. The Labute approximate surface area is 330 Å². The van der Waals surface area contributed by atoms with E-state index in [0.29, 0.717) is 60.8 Å². The van der Waals surface area contributed by atoms with E-state index >= 15 is 9.59 Å². The molecule has 2 amide bonds. The van der Waals surface area contributed by atoms with E-state index in [0.717, 1.165) is 17.5 Å². The second-order valence-electron chi connectivity index (χ2n) is 15.1. The van der Waals surface area contributed by atoms with Gasteiger partial charge in [-0.2, -0.15) is 0 Å². The highest BCUT2D eigenvalue weighted by molar-refractivity contribution is 6.05. The van der Waals surface area contributed by atoms with Gasteiger partial charge in [0.05, 0.1) is 12.1 Å². The zero-order valence-electron chi connectivity index (χ0n) is 31.6. The largest absolute Gasteiger partial charge is 0.378 e. The summed E-state index contributed by atoms with van der Waals surface area (Å²) in [4.78, 5) is 30.5. The minimum atomic E-state index is -1.64. The zero-order chi connectivity index (χ0) is 38.9. The Kier molecular flexibility index (Phi) is 11.9. The Morgan fingerprint density at radius 1 is 0.446 bits per heavy atom. The van der Waals surface area contributed by atoms with Crippen molar-refractivity contribution >= 4 is 11.8 Å². The smallest absolute Gasteiger partial charge is 0.236 e. The van der Waals surface area contributed by atoms with E-state index in [9.17, 15) is 10.2 Å². The third kappa shape index (κ3) is 7.95. The lowest BCUT2D eigenvalue weighted by atomic mass is 9.70. The molecule has 1 saturated carbocycles. The third-order valence-electron chi connectivity index (χ3n) is 11.6. The molecule has 0 heterocycles. The molecule has 0 aromatic heterocycles. The molecule has 6 aromatic rings. The minimum absolute atomic E-state index is 0.308. The molecule has 0 radical (unpaired) electrons. The van der Waals surface area contributed by atoms with E-state index in [2.05, 4.69) is 10.6 Å². The van der Waals surface area contributed by atoms with Gasteiger partial charge in [-0.25, -0.2) is 0 Å². The lowest BCUT2D eigenvalue weighted by molar-refractivity contribution is -0.149. The van der Waals surface area contributed by atoms with Crippen molar-refractivity contribution in [1.82, 2.24) is 10.6 Å². The van der Waals surface area contributed by atoms with Crippen molar-refractivity contribution in [2.24, 2.45) is 5.41 Å². The molecule has 2 atom stereocenters. The molecule has 6 nitrogen and oxygen atoms in total. The van der Waals surface area contributed by atoms with Crippen LogP contribution >= 0.6 is 0 Å². The van der Waals surface area contributed by atoms with Crippen molar-refractivity contribution in [2.75, 3.05) is 0 Å². The lowest BCUT2D eigenvalue weighted by Gasteiger charge is -2.43. The number of amides is 2. The molecular weight excluding hydrogens is 693 g/mol. The average molecular weight is 743 g/mol. The number of hydrogen-bond acceptors (Lipinski definition) is 4. The van der Waals surface area contributed by atoms with Gasteiger partial charge in [0, 0.05) is 0 Å². The molecule has 4 N–H and O–H groups in total. The lowest BCUT2D eigenvalue weighted by Crippen LogP contribution is -2.62. The monoisotopic (exact) mass is 742 g/mol. The van der Waals surface area contributed by atoms with Crippen LogP contribution in [-0.4, -0.2) is 34.1 Å². The first-order valence-electron chi connectivity index (χ1n) is 19.7. The SMILES string of the molecule is O=C(N[C@H](Cc1ccccc1)C(O)(c1ccccc1)c1ccccc1)C1(C(=O)N[C@H](Cc2ccccc2)C(O)(c2ccccc2)c2ccccc2)CCCCC1. The molecule has 6 heteroatoms. The van der Waals surface area contributed by atoms with Gasteiger partial charge in [0.1, 0.15) is 16.6 Å². The Morgan fingerprint density at radius 2 is 0.714 bits per heavy atom. The van der Waals surface area contributed by atoms with Crippen LogP contribution in [0.3, 0.4) is 0 Å². The van der Waals surface area contributed by atoms with Crippen LogP contribution in [0, 0.1) is 5.41 Å². The van der Waals surface area contributed by atoms with Crippen LogP contribution in [0.5, 0.6) is 0 Å². The summed E-state index contributed by atoms with van der Waals surface area (Å²) in [7, 11) is 0. The van der Waals surface area contributed by atoms with Crippen LogP contribution in [0.25, 0.3) is 0 Å². The van der Waals surface area contributed by atoms with Gasteiger partial charge in [0.25, 0.3) is 0 Å². The van der Waals surface area contributed by atoms with E-state index in [4.69, 9.17) is 0 Å². The number of hydrogen-bond donors (Lipinski definition) is 4. The van der Waals surface area contributed by atoms with Gasteiger partial charge < -0.3 is 20.8 Å². The summed E-state index contributed by atoms with van der Waals surface area (Å²) in [5.74, 6) is -0.857. The summed E-state index contributed by atoms with van der Waals surface area (Å²) in [6, 6.07) is 55.6. The van der Waals surface area contributed by atoms with Crippen LogP contribution in [-0.2, 0) is 33.6 Å². The quantitative estimate of drug-likeness (QED) is 0.0846. The fourth-order valence-electron chi connectivity index (χ4n) is 8.52. The molecule has 284 valence electrons. The highest BCUT2D eigenvalue weighted by Gasteiger charge is 2.52. The van der Waals surface area contributed by atoms with Crippen molar-refractivity contribution in [2.45, 2.75) is 68.2 Å². The van der Waals surface area contributed by atoms with Crippen LogP contribution in [0.15, 0.2) is 182 Å². The minimum Gasteiger partial charge on any atom is -0.378 e. The number of carbonyl (C=O) groups excluding carboxylic acids is 2. The molecule has 0 saturated heterocycles. The number of aliphatic hydroxyl groups is 2. The first-order chi connectivity index (χ1) is 27.3. The second-order valence-corrected chi connectivity index (χ2v) is 15.1. The number of rotatable bonds is 14. The summed E-state index contributed by atoms with van der Waals surface area (Å²) in [5, 5.41) is 32.7. The first-order valence-corrected chi connectivity index (χ1v) is 19.7. The van der Waals surface area contributed by atoms with Crippen molar-refractivity contribution in [3.05, 3.63) is 215 Å². The molecule has 1 fully saturated rings. The fourth-order valence-corrected chi connectivity index (χ4v) is 8.52. The zero-order valence-corrected chi connectivity index (χ0v) is 31.6. The summed E-state index contributed by atoms with van der Waals surface area (Å²) in [6.07, 6.45) is 3.58. The maximum atomic E-state index is 15.3. The van der Waals surface area contributed by atoms with Crippen molar-refractivity contribution in [3.63, 3.8) is 0 Å². The Morgan fingerprint density at radius 3 is 1.00 bits per heavy atom. The summed E-state index contributed by atoms with van der Waals surface area (Å²) in [5.41, 5.74) is -0.338. The van der Waals surface area contributed by atoms with Crippen LogP contribution in [0.2, 0.25) is 0 Å². The molecule has 0 unspecified atom stereocenters. The second kappa shape index (κ2) is 17.3.